The summed E-state index contributed by atoms with van der Waals surface area (Å²) in [7, 11) is 1.26. The SMILES string of the molecule is COC(=O)c1ccccc1OC(=O)c1ccc2c(c1)C1C(Cl)C(Sc3ccccc3[N+](=O)[O-])CC1C(c1ccc(Cl)cc1)N2. The molecule has 4 aromatic carbocycles. The van der Waals surface area contributed by atoms with Crippen molar-refractivity contribution in [1.29, 1.82) is 0 Å². The molecule has 0 spiro atoms. The fraction of sp³-hybridized carbons (Fsp3) is 0.212. The van der Waals surface area contributed by atoms with E-state index in [2.05, 4.69) is 5.32 Å². The third-order valence-electron chi connectivity index (χ3n) is 8.11. The Morgan fingerprint density at radius 3 is 2.45 bits per heavy atom. The van der Waals surface area contributed by atoms with Crippen molar-refractivity contribution in [3.63, 3.8) is 0 Å². The van der Waals surface area contributed by atoms with Crippen LogP contribution in [-0.2, 0) is 4.74 Å². The first-order valence-corrected chi connectivity index (χ1v) is 15.5. The summed E-state index contributed by atoms with van der Waals surface area (Å²) in [5, 5.41) is 15.5. The second-order valence-electron chi connectivity index (χ2n) is 10.6. The number of halogens is 2. The van der Waals surface area contributed by atoms with E-state index in [4.69, 9.17) is 32.7 Å². The Morgan fingerprint density at radius 2 is 1.70 bits per heavy atom. The molecular weight excluding hydrogens is 623 g/mol. The van der Waals surface area contributed by atoms with E-state index in [1.54, 1.807) is 42.5 Å². The number of nitro groups is 1. The molecule has 6 rings (SSSR count). The van der Waals surface area contributed by atoms with Crippen molar-refractivity contribution in [3.05, 3.63) is 128 Å². The molecule has 0 bridgehead atoms. The van der Waals surface area contributed by atoms with Crippen LogP contribution >= 0.6 is 35.0 Å². The van der Waals surface area contributed by atoms with Gasteiger partial charge in [0.2, 0.25) is 0 Å². The Bertz CT molecular complexity index is 1750. The number of thioether (sulfide) groups is 1. The van der Waals surface area contributed by atoms with Crippen LogP contribution in [0.1, 0.15) is 50.2 Å². The average Bonchev–Trinajstić information content (AvgIpc) is 3.36. The van der Waals surface area contributed by atoms with E-state index in [1.165, 1.54) is 37.1 Å². The molecule has 5 atom stereocenters. The largest absolute Gasteiger partial charge is 0.465 e. The Hall–Kier alpha value is -4.05. The highest BCUT2D eigenvalue weighted by Crippen LogP contribution is 2.58. The molecule has 1 N–H and O–H groups in total. The number of carbonyl (C=O) groups excluding carboxylic acids is 2. The van der Waals surface area contributed by atoms with E-state index in [1.807, 2.05) is 30.3 Å². The minimum atomic E-state index is -0.629. The molecule has 5 unspecified atom stereocenters. The van der Waals surface area contributed by atoms with Crippen LogP contribution in [0.25, 0.3) is 0 Å². The van der Waals surface area contributed by atoms with Crippen LogP contribution in [0.15, 0.2) is 95.9 Å². The molecule has 1 saturated carbocycles. The summed E-state index contributed by atoms with van der Waals surface area (Å²) in [4.78, 5) is 37.5. The topological polar surface area (TPSA) is 108 Å². The Morgan fingerprint density at radius 1 is 0.977 bits per heavy atom. The standard InChI is InChI=1S/C33H26Cl2N2O6S/c1-42-33(39)21-6-2-4-8-26(21)43-32(38)19-12-15-24-22(16-19)29-23(31(36-24)18-10-13-20(34)14-11-18)17-28(30(29)35)44-27-9-5-3-7-25(27)37(40)41/h2-16,23,28-31,36H,17H2,1H3. The van der Waals surface area contributed by atoms with Gasteiger partial charge in [0.15, 0.2) is 0 Å². The molecule has 4 aromatic rings. The molecule has 224 valence electrons. The average molecular weight is 650 g/mol. The first-order chi connectivity index (χ1) is 21.2. The lowest BCUT2D eigenvalue weighted by molar-refractivity contribution is -0.387. The number of rotatable bonds is 7. The first-order valence-electron chi connectivity index (χ1n) is 13.8. The molecule has 0 aromatic heterocycles. The number of para-hydroxylation sites is 2. The maximum Gasteiger partial charge on any atom is 0.343 e. The Kier molecular flexibility index (Phi) is 8.53. The van der Waals surface area contributed by atoms with E-state index in [9.17, 15) is 19.7 Å². The number of fused-ring (bicyclic) bond motifs is 3. The summed E-state index contributed by atoms with van der Waals surface area (Å²) >= 11 is 14.9. The monoisotopic (exact) mass is 648 g/mol. The molecule has 44 heavy (non-hydrogen) atoms. The maximum absolute atomic E-state index is 13.4. The van der Waals surface area contributed by atoms with E-state index < -0.39 is 17.3 Å². The van der Waals surface area contributed by atoms with Gasteiger partial charge in [-0.1, -0.05) is 48.0 Å². The van der Waals surface area contributed by atoms with Crippen molar-refractivity contribution in [2.75, 3.05) is 12.4 Å². The number of hydrogen-bond donors (Lipinski definition) is 1. The summed E-state index contributed by atoms with van der Waals surface area (Å²) in [6, 6.07) is 25.9. The van der Waals surface area contributed by atoms with Gasteiger partial charge in [0.1, 0.15) is 11.3 Å². The van der Waals surface area contributed by atoms with Crippen molar-refractivity contribution in [2.24, 2.45) is 5.92 Å². The maximum atomic E-state index is 13.4. The smallest absolute Gasteiger partial charge is 0.343 e. The van der Waals surface area contributed by atoms with Gasteiger partial charge in [-0.05, 0) is 72.0 Å². The van der Waals surface area contributed by atoms with Crippen LogP contribution in [0.2, 0.25) is 5.02 Å². The molecule has 1 aliphatic carbocycles. The Labute approximate surface area is 267 Å². The number of nitro benzene ring substituents is 1. The van der Waals surface area contributed by atoms with Crippen molar-refractivity contribution < 1.29 is 24.0 Å². The molecule has 0 radical (unpaired) electrons. The highest BCUT2D eigenvalue weighted by atomic mass is 35.5. The molecular formula is C33H26Cl2N2O6S. The van der Waals surface area contributed by atoms with Gasteiger partial charge in [-0.3, -0.25) is 10.1 Å². The van der Waals surface area contributed by atoms with Gasteiger partial charge < -0.3 is 14.8 Å². The van der Waals surface area contributed by atoms with Crippen LogP contribution in [0.5, 0.6) is 5.75 Å². The summed E-state index contributed by atoms with van der Waals surface area (Å²) < 4.78 is 10.5. The van der Waals surface area contributed by atoms with Gasteiger partial charge in [-0.25, -0.2) is 9.59 Å². The molecule has 8 nitrogen and oxygen atoms in total. The van der Waals surface area contributed by atoms with Crippen molar-refractivity contribution in [1.82, 2.24) is 0 Å². The highest BCUT2D eigenvalue weighted by molar-refractivity contribution is 8.00. The zero-order chi connectivity index (χ0) is 31.0. The summed E-state index contributed by atoms with van der Waals surface area (Å²) in [6.45, 7) is 0. The van der Waals surface area contributed by atoms with Gasteiger partial charge in [0.05, 0.1) is 33.9 Å². The quantitative estimate of drug-likeness (QED) is 0.0701. The highest BCUT2D eigenvalue weighted by Gasteiger charge is 2.50. The normalized spacial score (nSPS) is 21.8. The number of alkyl halides is 1. The predicted octanol–water partition coefficient (Wildman–Crippen LogP) is 8.29. The molecule has 11 heteroatoms. The van der Waals surface area contributed by atoms with Gasteiger partial charge in [0.25, 0.3) is 5.69 Å². The van der Waals surface area contributed by atoms with Crippen LogP contribution < -0.4 is 10.1 Å². The first kappa shape index (κ1) is 30.0. The minimum Gasteiger partial charge on any atom is -0.465 e. The molecule has 0 amide bonds. The summed E-state index contributed by atoms with van der Waals surface area (Å²) in [5.41, 5.74) is 3.22. The number of benzene rings is 4. The number of esters is 2. The lowest BCUT2D eigenvalue weighted by Crippen LogP contribution is -2.31. The Balaban J connectivity index is 1.35. The second kappa shape index (κ2) is 12.5. The molecule has 1 aliphatic heterocycles. The van der Waals surface area contributed by atoms with Crippen LogP contribution in [0, 0.1) is 16.0 Å². The van der Waals surface area contributed by atoms with E-state index >= 15 is 0 Å². The fourth-order valence-corrected chi connectivity index (χ4v) is 8.18. The fourth-order valence-electron chi connectivity index (χ4n) is 6.11. The number of hydrogen-bond acceptors (Lipinski definition) is 8. The summed E-state index contributed by atoms with van der Waals surface area (Å²) in [6.07, 6.45) is 0.677. The molecule has 1 fully saturated rings. The number of nitrogens with zero attached hydrogens (tertiary/aromatic N) is 1. The molecule has 1 heterocycles. The lowest BCUT2D eigenvalue weighted by Gasteiger charge is -2.38. The third kappa shape index (κ3) is 5.75. The minimum absolute atomic E-state index is 0.0118. The number of carbonyl (C=O) groups is 2. The lowest BCUT2D eigenvalue weighted by atomic mass is 9.77. The van der Waals surface area contributed by atoms with Crippen LogP contribution in [0.4, 0.5) is 11.4 Å². The van der Waals surface area contributed by atoms with Gasteiger partial charge >= 0.3 is 11.9 Å². The zero-order valence-electron chi connectivity index (χ0n) is 23.3. The second-order valence-corrected chi connectivity index (χ2v) is 12.8. The zero-order valence-corrected chi connectivity index (χ0v) is 25.6. The van der Waals surface area contributed by atoms with Gasteiger partial charge in [-0.15, -0.1) is 23.4 Å². The number of nitrogens with one attached hydrogen (secondary N) is 1. The summed E-state index contributed by atoms with van der Waals surface area (Å²) in [5.74, 6) is -1.31. The van der Waals surface area contributed by atoms with Crippen molar-refractivity contribution >= 4 is 58.3 Å². The predicted molar refractivity (Wildman–Crippen MR) is 170 cm³/mol. The number of methoxy groups -OCH3 is 1. The molecule has 2 aliphatic rings. The number of anilines is 1. The van der Waals surface area contributed by atoms with Crippen molar-refractivity contribution in [2.45, 2.75) is 33.9 Å². The molecule has 0 saturated heterocycles. The van der Waals surface area contributed by atoms with E-state index in [0.29, 0.717) is 21.9 Å². The van der Waals surface area contributed by atoms with Gasteiger partial charge in [-0.2, -0.15) is 0 Å². The third-order valence-corrected chi connectivity index (χ3v) is 10.5. The van der Waals surface area contributed by atoms with Gasteiger partial charge in [0, 0.05) is 27.9 Å². The van der Waals surface area contributed by atoms with Crippen molar-refractivity contribution in [3.8, 4) is 5.75 Å². The van der Waals surface area contributed by atoms with Crippen LogP contribution in [0.3, 0.4) is 0 Å². The van der Waals surface area contributed by atoms with E-state index in [0.717, 1.165) is 16.8 Å². The van der Waals surface area contributed by atoms with Crippen LogP contribution in [-0.4, -0.2) is 34.6 Å². The number of ether oxygens (including phenoxy) is 2. The van der Waals surface area contributed by atoms with E-state index in [-0.39, 0.29) is 45.1 Å².